The van der Waals surface area contributed by atoms with E-state index in [0.717, 1.165) is 24.1 Å². The molecule has 3 aromatic carbocycles. The molecule has 10 nitrogen and oxygen atoms in total. The summed E-state index contributed by atoms with van der Waals surface area (Å²) in [6.07, 6.45) is 1.86. The molecule has 0 aliphatic carbocycles. The average Bonchev–Trinajstić information content (AvgIpc) is 3.40. The number of hydrogen-bond donors (Lipinski definition) is 1. The number of carbonyl (C=O) groups excluding carboxylic acids is 2. The quantitative estimate of drug-likeness (QED) is 0.414. The van der Waals surface area contributed by atoms with Gasteiger partial charge in [0.1, 0.15) is 18.0 Å². The van der Waals surface area contributed by atoms with E-state index in [1.165, 1.54) is 19.0 Å². The SMILES string of the molecule is COc1cc(OC)cc(C(=O)Nc2ccccc2-c2nnn(CC(=O)N3CCCc4ccccc43)n2)c1. The van der Waals surface area contributed by atoms with Gasteiger partial charge in [0.2, 0.25) is 5.82 Å². The number of carbonyl (C=O) groups is 2. The lowest BCUT2D eigenvalue weighted by Gasteiger charge is -2.29. The molecule has 0 spiro atoms. The Morgan fingerprint density at radius 3 is 2.49 bits per heavy atom. The van der Waals surface area contributed by atoms with Gasteiger partial charge in [-0.15, -0.1) is 10.2 Å². The first-order valence-corrected chi connectivity index (χ1v) is 11.9. The summed E-state index contributed by atoms with van der Waals surface area (Å²) >= 11 is 0. The Labute approximate surface area is 213 Å². The van der Waals surface area contributed by atoms with Gasteiger partial charge in [-0.25, -0.2) is 0 Å². The van der Waals surface area contributed by atoms with Crippen molar-refractivity contribution in [3.63, 3.8) is 0 Å². The largest absolute Gasteiger partial charge is 0.497 e. The number of rotatable bonds is 7. The maximum Gasteiger partial charge on any atom is 0.255 e. The molecule has 0 atom stereocenters. The molecule has 4 aromatic rings. The van der Waals surface area contributed by atoms with Crippen molar-refractivity contribution >= 4 is 23.2 Å². The number of aryl methyl sites for hydroxylation is 1. The van der Waals surface area contributed by atoms with E-state index in [0.29, 0.717) is 40.7 Å². The number of benzene rings is 3. The molecule has 0 saturated heterocycles. The highest BCUT2D eigenvalue weighted by molar-refractivity contribution is 6.06. The lowest BCUT2D eigenvalue weighted by atomic mass is 10.0. The van der Waals surface area contributed by atoms with Crippen LogP contribution in [0.5, 0.6) is 11.5 Å². The van der Waals surface area contributed by atoms with E-state index in [9.17, 15) is 9.59 Å². The molecular formula is C27H26N6O4. The van der Waals surface area contributed by atoms with Crippen LogP contribution in [0.2, 0.25) is 0 Å². The van der Waals surface area contributed by atoms with Crippen LogP contribution in [0.4, 0.5) is 11.4 Å². The monoisotopic (exact) mass is 498 g/mol. The number of para-hydroxylation sites is 2. The van der Waals surface area contributed by atoms with Crippen LogP contribution in [0.1, 0.15) is 22.3 Å². The van der Waals surface area contributed by atoms with Crippen LogP contribution in [0.3, 0.4) is 0 Å². The molecule has 2 amide bonds. The summed E-state index contributed by atoms with van der Waals surface area (Å²) in [4.78, 5) is 29.2. The van der Waals surface area contributed by atoms with E-state index < -0.39 is 0 Å². The maximum atomic E-state index is 13.1. The maximum absolute atomic E-state index is 13.1. The fourth-order valence-electron chi connectivity index (χ4n) is 4.34. The number of fused-ring (bicyclic) bond motifs is 1. The number of nitrogens with one attached hydrogen (secondary N) is 1. The van der Waals surface area contributed by atoms with E-state index in [-0.39, 0.29) is 18.4 Å². The van der Waals surface area contributed by atoms with Crippen molar-refractivity contribution in [1.29, 1.82) is 0 Å². The van der Waals surface area contributed by atoms with Crippen LogP contribution < -0.4 is 19.7 Å². The molecule has 0 radical (unpaired) electrons. The molecule has 0 bridgehead atoms. The summed E-state index contributed by atoms with van der Waals surface area (Å²) in [6.45, 7) is 0.612. The van der Waals surface area contributed by atoms with Crippen molar-refractivity contribution in [3.8, 4) is 22.9 Å². The van der Waals surface area contributed by atoms with E-state index in [4.69, 9.17) is 9.47 Å². The molecule has 0 unspecified atom stereocenters. The normalized spacial score (nSPS) is 12.5. The van der Waals surface area contributed by atoms with Crippen LogP contribution in [-0.4, -0.2) is 52.8 Å². The van der Waals surface area contributed by atoms with E-state index >= 15 is 0 Å². The number of anilines is 2. The van der Waals surface area contributed by atoms with E-state index in [2.05, 4.69) is 20.7 Å². The minimum atomic E-state index is -0.351. The van der Waals surface area contributed by atoms with Crippen molar-refractivity contribution in [3.05, 3.63) is 77.9 Å². The predicted octanol–water partition coefficient (Wildman–Crippen LogP) is 3.59. The first kappa shape index (κ1) is 24.0. The van der Waals surface area contributed by atoms with Crippen LogP contribution >= 0.6 is 0 Å². The van der Waals surface area contributed by atoms with Crippen LogP contribution in [0.25, 0.3) is 11.4 Å². The second-order valence-corrected chi connectivity index (χ2v) is 8.52. The fourth-order valence-corrected chi connectivity index (χ4v) is 4.34. The lowest BCUT2D eigenvalue weighted by molar-refractivity contribution is -0.119. The van der Waals surface area contributed by atoms with Crippen molar-refractivity contribution in [2.24, 2.45) is 0 Å². The Morgan fingerprint density at radius 1 is 0.973 bits per heavy atom. The van der Waals surface area contributed by atoms with Gasteiger partial charge in [0.25, 0.3) is 11.8 Å². The predicted molar refractivity (Wildman–Crippen MR) is 138 cm³/mol. The first-order chi connectivity index (χ1) is 18.1. The number of hydrogen-bond acceptors (Lipinski definition) is 7. The zero-order valence-electron chi connectivity index (χ0n) is 20.5. The van der Waals surface area contributed by atoms with E-state index in [1.807, 2.05) is 30.3 Å². The number of nitrogens with zero attached hydrogens (tertiary/aromatic N) is 5. The molecule has 1 aromatic heterocycles. The number of ether oxygens (including phenoxy) is 2. The molecule has 0 saturated carbocycles. The highest BCUT2D eigenvalue weighted by atomic mass is 16.5. The standard InChI is InChI=1S/C27H26N6O4/c1-36-20-14-19(15-21(16-20)37-2)27(35)28-23-11-5-4-10-22(23)26-29-31-33(30-26)17-25(34)32-13-7-9-18-8-3-6-12-24(18)32/h3-6,8,10-12,14-16H,7,9,13,17H2,1-2H3,(H,28,35). The second kappa shape index (κ2) is 10.5. The van der Waals surface area contributed by atoms with Gasteiger partial charge in [0, 0.05) is 29.4 Å². The molecule has 0 fully saturated rings. The van der Waals surface area contributed by atoms with Gasteiger partial charge in [0.05, 0.1) is 19.9 Å². The Morgan fingerprint density at radius 2 is 1.70 bits per heavy atom. The minimum absolute atomic E-state index is 0.0422. The Bertz CT molecular complexity index is 1430. The molecular weight excluding hydrogens is 472 g/mol. The molecule has 1 aliphatic rings. The second-order valence-electron chi connectivity index (χ2n) is 8.52. The minimum Gasteiger partial charge on any atom is -0.497 e. The number of tetrazole rings is 1. The highest BCUT2D eigenvalue weighted by Crippen LogP contribution is 2.28. The summed E-state index contributed by atoms with van der Waals surface area (Å²) in [5.41, 5.74) is 3.54. The topological polar surface area (TPSA) is 111 Å². The van der Waals surface area contributed by atoms with Crippen molar-refractivity contribution in [1.82, 2.24) is 20.2 Å². The summed E-state index contributed by atoms with van der Waals surface area (Å²) in [5, 5.41) is 15.6. The Kier molecular flexibility index (Phi) is 6.80. The number of methoxy groups -OCH3 is 2. The summed E-state index contributed by atoms with van der Waals surface area (Å²) in [6, 6.07) is 20.0. The number of amides is 2. The van der Waals surface area contributed by atoms with Crippen LogP contribution in [0, 0.1) is 0 Å². The third kappa shape index (κ3) is 5.13. The third-order valence-electron chi connectivity index (χ3n) is 6.17. The van der Waals surface area contributed by atoms with Gasteiger partial charge >= 0.3 is 0 Å². The van der Waals surface area contributed by atoms with Crippen molar-refractivity contribution in [2.75, 3.05) is 31.0 Å². The smallest absolute Gasteiger partial charge is 0.255 e. The zero-order valence-corrected chi connectivity index (χ0v) is 20.5. The Hall–Kier alpha value is -4.73. The van der Waals surface area contributed by atoms with Crippen molar-refractivity contribution in [2.45, 2.75) is 19.4 Å². The first-order valence-electron chi connectivity index (χ1n) is 11.9. The molecule has 10 heteroatoms. The van der Waals surface area contributed by atoms with Gasteiger partial charge in [-0.05, 0) is 54.0 Å². The van der Waals surface area contributed by atoms with Crippen molar-refractivity contribution < 1.29 is 19.1 Å². The van der Waals surface area contributed by atoms with Gasteiger partial charge < -0.3 is 19.7 Å². The summed E-state index contributed by atoms with van der Waals surface area (Å²) in [7, 11) is 3.05. The molecule has 2 heterocycles. The van der Waals surface area contributed by atoms with Crippen LogP contribution in [0.15, 0.2) is 66.7 Å². The molecule has 188 valence electrons. The zero-order chi connectivity index (χ0) is 25.8. The fraction of sp³-hybridized carbons (Fsp3) is 0.222. The average molecular weight is 499 g/mol. The van der Waals surface area contributed by atoms with Gasteiger partial charge in [-0.1, -0.05) is 30.3 Å². The summed E-state index contributed by atoms with van der Waals surface area (Å²) < 4.78 is 10.5. The van der Waals surface area contributed by atoms with Gasteiger partial charge in [-0.3, -0.25) is 9.59 Å². The molecule has 37 heavy (non-hydrogen) atoms. The van der Waals surface area contributed by atoms with Gasteiger partial charge in [0.15, 0.2) is 0 Å². The van der Waals surface area contributed by atoms with E-state index in [1.54, 1.807) is 41.3 Å². The molecule has 1 N–H and O–H groups in total. The summed E-state index contributed by atoms with van der Waals surface area (Å²) in [5.74, 6) is 0.846. The van der Waals surface area contributed by atoms with Gasteiger partial charge in [-0.2, -0.15) is 4.80 Å². The molecule has 1 aliphatic heterocycles. The highest BCUT2D eigenvalue weighted by Gasteiger charge is 2.23. The lowest BCUT2D eigenvalue weighted by Crippen LogP contribution is -2.38. The molecule has 5 rings (SSSR count). The number of aromatic nitrogens is 4. The van der Waals surface area contributed by atoms with Crippen LogP contribution in [-0.2, 0) is 17.8 Å². The third-order valence-corrected chi connectivity index (χ3v) is 6.17. The Balaban J connectivity index is 1.34.